The summed E-state index contributed by atoms with van der Waals surface area (Å²) in [5, 5.41) is 0. The van der Waals surface area contributed by atoms with Crippen molar-refractivity contribution in [3.63, 3.8) is 0 Å². The molecule has 0 aliphatic heterocycles. The quantitative estimate of drug-likeness (QED) is 0.579. The average molecular weight is 324 g/mol. The Balaban J connectivity index is 1.79. The van der Waals surface area contributed by atoms with E-state index in [9.17, 15) is 4.79 Å². The Hall–Kier alpha value is -2.36. The first kappa shape index (κ1) is 16.5. The second kappa shape index (κ2) is 6.63. The van der Waals surface area contributed by atoms with E-state index in [0.29, 0.717) is 5.69 Å². The molecule has 0 N–H and O–H groups in total. The topological polar surface area (TPSA) is 44.1 Å². The Bertz CT molecular complexity index is 729. The highest BCUT2D eigenvalue weighted by Gasteiger charge is 2.41. The van der Waals surface area contributed by atoms with Crippen LogP contribution in [0.2, 0.25) is 0 Å². The van der Waals surface area contributed by atoms with E-state index >= 15 is 0 Å². The van der Waals surface area contributed by atoms with E-state index in [4.69, 9.17) is 4.74 Å². The lowest BCUT2D eigenvalue weighted by atomic mass is 9.76. The standard InChI is InChI=1S/C20H24N2O2/c1-15(2)12-20(10-7-11-20)24-19(23)18-13-21-14-22(18)16(3)17-8-5-4-6-9-17/h4-6,8-9,13-14,16H,1,7,10-12H2,2-3H3. The SMILES string of the molecule is C=C(C)CC1(OC(=O)c2cncn2C(C)c2ccccc2)CCC1. The van der Waals surface area contributed by atoms with Gasteiger partial charge in [0.25, 0.3) is 0 Å². The maximum atomic E-state index is 12.7. The number of ether oxygens (including phenoxy) is 1. The van der Waals surface area contributed by atoms with Gasteiger partial charge < -0.3 is 9.30 Å². The molecule has 24 heavy (non-hydrogen) atoms. The molecular formula is C20H24N2O2. The van der Waals surface area contributed by atoms with Gasteiger partial charge in [0.15, 0.2) is 0 Å². The van der Waals surface area contributed by atoms with E-state index in [1.807, 2.05) is 41.8 Å². The van der Waals surface area contributed by atoms with Gasteiger partial charge in [0.05, 0.1) is 18.6 Å². The Morgan fingerprint density at radius 2 is 2.08 bits per heavy atom. The van der Waals surface area contributed by atoms with Gasteiger partial charge in [0, 0.05) is 6.42 Å². The van der Waals surface area contributed by atoms with Crippen LogP contribution in [0.4, 0.5) is 0 Å². The molecule has 1 aliphatic carbocycles. The molecule has 0 spiro atoms. The van der Waals surface area contributed by atoms with Gasteiger partial charge in [-0.1, -0.05) is 42.5 Å². The zero-order valence-electron chi connectivity index (χ0n) is 14.4. The normalized spacial score (nSPS) is 16.9. The zero-order chi connectivity index (χ0) is 17.2. The molecule has 1 atom stereocenters. The summed E-state index contributed by atoms with van der Waals surface area (Å²) in [6.45, 7) is 8.01. The van der Waals surface area contributed by atoms with Crippen molar-refractivity contribution in [3.8, 4) is 0 Å². The first-order valence-electron chi connectivity index (χ1n) is 8.45. The van der Waals surface area contributed by atoms with Gasteiger partial charge in [-0.25, -0.2) is 9.78 Å². The summed E-state index contributed by atoms with van der Waals surface area (Å²) in [6.07, 6.45) is 6.94. The van der Waals surface area contributed by atoms with Gasteiger partial charge in [-0.15, -0.1) is 0 Å². The van der Waals surface area contributed by atoms with E-state index in [1.54, 1.807) is 12.5 Å². The van der Waals surface area contributed by atoms with Crippen LogP contribution in [-0.4, -0.2) is 21.1 Å². The summed E-state index contributed by atoms with van der Waals surface area (Å²) in [5.74, 6) is -0.295. The molecule has 1 aliphatic rings. The van der Waals surface area contributed by atoms with E-state index < -0.39 is 0 Å². The van der Waals surface area contributed by atoms with E-state index in [1.165, 1.54) is 0 Å². The molecule has 4 nitrogen and oxygen atoms in total. The van der Waals surface area contributed by atoms with E-state index in [0.717, 1.165) is 36.8 Å². The number of carbonyl (C=O) groups excluding carboxylic acids is 1. The van der Waals surface area contributed by atoms with Crippen molar-refractivity contribution in [1.82, 2.24) is 9.55 Å². The number of imidazole rings is 1. The van der Waals surface area contributed by atoms with Gasteiger partial charge in [-0.2, -0.15) is 0 Å². The molecule has 1 saturated carbocycles. The number of hydrogen-bond acceptors (Lipinski definition) is 3. The molecule has 1 fully saturated rings. The second-order valence-corrected chi connectivity index (χ2v) is 6.83. The van der Waals surface area contributed by atoms with Gasteiger partial charge in [-0.05, 0) is 38.7 Å². The third-order valence-electron chi connectivity index (χ3n) is 4.77. The van der Waals surface area contributed by atoms with Crippen molar-refractivity contribution in [2.75, 3.05) is 0 Å². The summed E-state index contributed by atoms with van der Waals surface area (Å²) >= 11 is 0. The van der Waals surface area contributed by atoms with Crippen LogP contribution in [-0.2, 0) is 4.74 Å². The highest BCUT2D eigenvalue weighted by atomic mass is 16.6. The molecule has 0 radical (unpaired) electrons. The van der Waals surface area contributed by atoms with Crippen LogP contribution >= 0.6 is 0 Å². The number of esters is 1. The number of rotatable bonds is 6. The Labute approximate surface area is 143 Å². The van der Waals surface area contributed by atoms with Crippen molar-refractivity contribution in [2.24, 2.45) is 0 Å². The molecule has 2 aromatic rings. The number of benzene rings is 1. The summed E-state index contributed by atoms with van der Waals surface area (Å²) in [6, 6.07) is 10.1. The van der Waals surface area contributed by atoms with Crippen LogP contribution in [0.3, 0.4) is 0 Å². The molecule has 4 heteroatoms. The lowest BCUT2D eigenvalue weighted by molar-refractivity contribution is -0.0623. The fourth-order valence-electron chi connectivity index (χ4n) is 3.35. The van der Waals surface area contributed by atoms with Crippen molar-refractivity contribution in [2.45, 2.75) is 51.2 Å². The molecule has 1 aromatic heterocycles. The number of carbonyl (C=O) groups is 1. The molecule has 0 saturated heterocycles. The number of hydrogen-bond donors (Lipinski definition) is 0. The van der Waals surface area contributed by atoms with Gasteiger partial charge in [0.1, 0.15) is 11.3 Å². The molecule has 1 aromatic carbocycles. The molecule has 1 heterocycles. The van der Waals surface area contributed by atoms with Gasteiger partial charge >= 0.3 is 5.97 Å². The number of nitrogens with zero attached hydrogens (tertiary/aromatic N) is 2. The predicted octanol–water partition coefficient (Wildman–Crippen LogP) is 4.54. The van der Waals surface area contributed by atoms with Crippen LogP contribution < -0.4 is 0 Å². The van der Waals surface area contributed by atoms with Crippen molar-refractivity contribution < 1.29 is 9.53 Å². The third kappa shape index (κ3) is 3.28. The Kier molecular flexibility index (Phi) is 4.56. The van der Waals surface area contributed by atoms with Crippen molar-refractivity contribution >= 4 is 5.97 Å². The van der Waals surface area contributed by atoms with Crippen molar-refractivity contribution in [1.29, 1.82) is 0 Å². The van der Waals surface area contributed by atoms with Crippen LogP contribution in [0.5, 0.6) is 0 Å². The van der Waals surface area contributed by atoms with Crippen LogP contribution in [0, 0.1) is 0 Å². The maximum Gasteiger partial charge on any atom is 0.357 e. The molecule has 0 bridgehead atoms. The lowest BCUT2D eigenvalue weighted by Gasteiger charge is -2.41. The molecule has 1 unspecified atom stereocenters. The molecule has 0 amide bonds. The smallest absolute Gasteiger partial charge is 0.357 e. The monoisotopic (exact) mass is 324 g/mol. The fraction of sp³-hybridized carbons (Fsp3) is 0.400. The van der Waals surface area contributed by atoms with Gasteiger partial charge in [0.2, 0.25) is 0 Å². The van der Waals surface area contributed by atoms with Crippen LogP contribution in [0.1, 0.15) is 61.6 Å². The fourth-order valence-corrected chi connectivity index (χ4v) is 3.35. The second-order valence-electron chi connectivity index (χ2n) is 6.83. The summed E-state index contributed by atoms with van der Waals surface area (Å²) in [7, 11) is 0. The van der Waals surface area contributed by atoms with E-state index in [-0.39, 0.29) is 17.6 Å². The average Bonchev–Trinajstić information content (AvgIpc) is 3.02. The molecule has 126 valence electrons. The summed E-state index contributed by atoms with van der Waals surface area (Å²) < 4.78 is 7.78. The lowest BCUT2D eigenvalue weighted by Crippen LogP contribution is -2.42. The minimum atomic E-state index is -0.367. The Morgan fingerprint density at radius 3 is 2.67 bits per heavy atom. The molecule has 3 rings (SSSR count). The first-order chi connectivity index (χ1) is 11.5. The first-order valence-corrected chi connectivity index (χ1v) is 8.45. The maximum absolute atomic E-state index is 12.7. The zero-order valence-corrected chi connectivity index (χ0v) is 14.4. The van der Waals surface area contributed by atoms with Crippen molar-refractivity contribution in [3.05, 3.63) is 66.3 Å². The highest BCUT2D eigenvalue weighted by Crippen LogP contribution is 2.41. The molecular weight excluding hydrogens is 300 g/mol. The summed E-state index contributed by atoms with van der Waals surface area (Å²) in [4.78, 5) is 16.9. The predicted molar refractivity (Wildman–Crippen MR) is 93.9 cm³/mol. The van der Waals surface area contributed by atoms with Gasteiger partial charge in [-0.3, -0.25) is 0 Å². The highest BCUT2D eigenvalue weighted by molar-refractivity contribution is 5.87. The van der Waals surface area contributed by atoms with Crippen LogP contribution in [0.15, 0.2) is 55.0 Å². The minimum Gasteiger partial charge on any atom is -0.454 e. The largest absolute Gasteiger partial charge is 0.454 e. The third-order valence-corrected chi connectivity index (χ3v) is 4.77. The minimum absolute atomic E-state index is 0.0229. The van der Waals surface area contributed by atoms with Crippen LogP contribution in [0.25, 0.3) is 0 Å². The Morgan fingerprint density at radius 1 is 1.38 bits per heavy atom. The summed E-state index contributed by atoms with van der Waals surface area (Å²) in [5.41, 5.74) is 2.31. The number of aromatic nitrogens is 2. The van der Waals surface area contributed by atoms with E-state index in [2.05, 4.69) is 18.5 Å².